The van der Waals surface area contributed by atoms with Gasteiger partial charge < -0.3 is 9.84 Å². The average molecular weight is 265 g/mol. The van der Waals surface area contributed by atoms with Crippen LogP contribution in [-0.2, 0) is 6.61 Å². The molecule has 0 aliphatic heterocycles. The molecule has 100 valence electrons. The Bertz CT molecular complexity index is 753. The summed E-state index contributed by atoms with van der Waals surface area (Å²) in [6.07, 6.45) is 1.74. The number of pyridine rings is 1. The molecule has 0 saturated heterocycles. The first-order valence-electron chi connectivity index (χ1n) is 6.45. The third kappa shape index (κ3) is 2.24. The van der Waals surface area contributed by atoms with Crippen LogP contribution in [0.15, 0.2) is 54.7 Å². The number of nitrogens with zero attached hydrogens (tertiary/aromatic N) is 1. The van der Waals surface area contributed by atoms with Gasteiger partial charge in [0.1, 0.15) is 5.75 Å². The minimum Gasteiger partial charge on any atom is -0.497 e. The van der Waals surface area contributed by atoms with E-state index >= 15 is 0 Å². The van der Waals surface area contributed by atoms with Gasteiger partial charge in [0.2, 0.25) is 0 Å². The third-order valence-corrected chi connectivity index (χ3v) is 3.38. The summed E-state index contributed by atoms with van der Waals surface area (Å²) >= 11 is 0. The highest BCUT2D eigenvalue weighted by atomic mass is 16.5. The predicted molar refractivity (Wildman–Crippen MR) is 79.7 cm³/mol. The van der Waals surface area contributed by atoms with Crippen molar-refractivity contribution >= 4 is 10.8 Å². The van der Waals surface area contributed by atoms with Crippen molar-refractivity contribution in [2.75, 3.05) is 7.11 Å². The van der Waals surface area contributed by atoms with Crippen molar-refractivity contribution in [2.45, 2.75) is 6.61 Å². The van der Waals surface area contributed by atoms with Crippen LogP contribution in [-0.4, -0.2) is 17.2 Å². The number of hydrogen-bond donors (Lipinski definition) is 1. The predicted octanol–water partition coefficient (Wildman–Crippen LogP) is 3.40. The van der Waals surface area contributed by atoms with Crippen LogP contribution >= 0.6 is 0 Å². The highest BCUT2D eigenvalue weighted by Gasteiger charge is 2.06. The third-order valence-electron chi connectivity index (χ3n) is 3.38. The molecule has 0 radical (unpaired) electrons. The fourth-order valence-corrected chi connectivity index (χ4v) is 2.32. The van der Waals surface area contributed by atoms with Crippen LogP contribution in [0.4, 0.5) is 0 Å². The number of ether oxygens (including phenoxy) is 1. The molecule has 1 heterocycles. The molecule has 0 atom stereocenters. The summed E-state index contributed by atoms with van der Waals surface area (Å²) < 4.78 is 5.23. The standard InChI is InChI=1S/C17H15NO2/c1-20-16-7-6-12-9-14(5-4-13(12)10-16)17-15(11-19)3-2-8-18-17/h2-10,19H,11H2,1H3. The lowest BCUT2D eigenvalue weighted by Gasteiger charge is -2.08. The van der Waals surface area contributed by atoms with Crippen molar-refractivity contribution in [3.63, 3.8) is 0 Å². The zero-order chi connectivity index (χ0) is 13.9. The number of fused-ring (bicyclic) bond motifs is 1. The van der Waals surface area contributed by atoms with E-state index in [1.54, 1.807) is 13.3 Å². The van der Waals surface area contributed by atoms with Gasteiger partial charge in [-0.25, -0.2) is 0 Å². The lowest BCUT2D eigenvalue weighted by molar-refractivity contribution is 0.282. The fraction of sp³-hybridized carbons (Fsp3) is 0.118. The largest absolute Gasteiger partial charge is 0.497 e. The Morgan fingerprint density at radius 3 is 2.65 bits per heavy atom. The van der Waals surface area contributed by atoms with E-state index in [0.717, 1.165) is 33.3 Å². The van der Waals surface area contributed by atoms with E-state index in [9.17, 15) is 5.11 Å². The summed E-state index contributed by atoms with van der Waals surface area (Å²) in [5.41, 5.74) is 2.67. The van der Waals surface area contributed by atoms with Crippen molar-refractivity contribution in [1.29, 1.82) is 0 Å². The molecule has 0 unspecified atom stereocenters. The highest BCUT2D eigenvalue weighted by Crippen LogP contribution is 2.27. The number of aliphatic hydroxyl groups is 1. The maximum absolute atomic E-state index is 9.40. The lowest BCUT2D eigenvalue weighted by Crippen LogP contribution is -1.92. The zero-order valence-corrected chi connectivity index (χ0v) is 11.2. The normalized spacial score (nSPS) is 10.7. The summed E-state index contributed by atoms with van der Waals surface area (Å²) in [5, 5.41) is 11.6. The number of hydrogen-bond acceptors (Lipinski definition) is 3. The van der Waals surface area contributed by atoms with E-state index < -0.39 is 0 Å². The van der Waals surface area contributed by atoms with E-state index in [-0.39, 0.29) is 6.61 Å². The van der Waals surface area contributed by atoms with Gasteiger partial charge in [0, 0.05) is 17.3 Å². The van der Waals surface area contributed by atoms with Gasteiger partial charge in [-0.15, -0.1) is 0 Å². The van der Waals surface area contributed by atoms with E-state index in [1.807, 2.05) is 42.5 Å². The van der Waals surface area contributed by atoms with Crippen molar-refractivity contribution in [2.24, 2.45) is 0 Å². The Morgan fingerprint density at radius 2 is 1.85 bits per heavy atom. The second-order valence-electron chi connectivity index (χ2n) is 4.60. The Morgan fingerprint density at radius 1 is 1.05 bits per heavy atom. The number of methoxy groups -OCH3 is 1. The van der Waals surface area contributed by atoms with Crippen LogP contribution in [0.1, 0.15) is 5.56 Å². The Balaban J connectivity index is 2.13. The van der Waals surface area contributed by atoms with Crippen LogP contribution in [0.25, 0.3) is 22.0 Å². The lowest BCUT2D eigenvalue weighted by atomic mass is 10.0. The van der Waals surface area contributed by atoms with Gasteiger partial charge in [0.15, 0.2) is 0 Å². The summed E-state index contributed by atoms with van der Waals surface area (Å²) in [5.74, 6) is 0.846. The molecule has 3 heteroatoms. The topological polar surface area (TPSA) is 42.4 Å². The van der Waals surface area contributed by atoms with Crippen LogP contribution in [0.3, 0.4) is 0 Å². The van der Waals surface area contributed by atoms with Crippen LogP contribution in [0, 0.1) is 0 Å². The van der Waals surface area contributed by atoms with Gasteiger partial charge in [-0.1, -0.05) is 24.3 Å². The van der Waals surface area contributed by atoms with Gasteiger partial charge in [-0.3, -0.25) is 4.98 Å². The molecule has 1 N–H and O–H groups in total. The Hall–Kier alpha value is -2.39. The summed E-state index contributed by atoms with van der Waals surface area (Å²) in [4.78, 5) is 4.38. The quantitative estimate of drug-likeness (QED) is 0.789. The number of aromatic nitrogens is 1. The fourth-order valence-electron chi connectivity index (χ4n) is 2.32. The second-order valence-corrected chi connectivity index (χ2v) is 4.60. The van der Waals surface area contributed by atoms with Crippen molar-refractivity contribution < 1.29 is 9.84 Å². The Labute approximate surface area is 117 Å². The molecule has 0 amide bonds. The molecular formula is C17H15NO2. The number of aliphatic hydroxyl groups excluding tert-OH is 1. The first-order chi connectivity index (χ1) is 9.81. The second kappa shape index (κ2) is 5.31. The molecule has 20 heavy (non-hydrogen) atoms. The van der Waals surface area contributed by atoms with E-state index in [2.05, 4.69) is 11.1 Å². The van der Waals surface area contributed by atoms with Crippen molar-refractivity contribution in [3.8, 4) is 17.0 Å². The minimum atomic E-state index is -0.0101. The molecule has 0 saturated carbocycles. The van der Waals surface area contributed by atoms with Crippen LogP contribution < -0.4 is 4.74 Å². The van der Waals surface area contributed by atoms with Gasteiger partial charge in [-0.05, 0) is 35.0 Å². The summed E-state index contributed by atoms with van der Waals surface area (Å²) in [6.45, 7) is -0.0101. The van der Waals surface area contributed by atoms with E-state index in [0.29, 0.717) is 0 Å². The monoisotopic (exact) mass is 265 g/mol. The SMILES string of the molecule is COc1ccc2cc(-c3ncccc3CO)ccc2c1. The summed E-state index contributed by atoms with van der Waals surface area (Å²) in [7, 11) is 1.66. The zero-order valence-electron chi connectivity index (χ0n) is 11.2. The van der Waals surface area contributed by atoms with Gasteiger partial charge in [-0.2, -0.15) is 0 Å². The maximum atomic E-state index is 9.40. The first-order valence-corrected chi connectivity index (χ1v) is 6.45. The Kier molecular flexibility index (Phi) is 3.35. The first kappa shape index (κ1) is 12.6. The average Bonchev–Trinajstić information content (AvgIpc) is 2.53. The van der Waals surface area contributed by atoms with Crippen molar-refractivity contribution in [1.82, 2.24) is 4.98 Å². The maximum Gasteiger partial charge on any atom is 0.119 e. The minimum absolute atomic E-state index is 0.0101. The molecule has 0 spiro atoms. The van der Waals surface area contributed by atoms with Gasteiger partial charge >= 0.3 is 0 Å². The molecule has 3 nitrogen and oxygen atoms in total. The smallest absolute Gasteiger partial charge is 0.119 e. The number of rotatable bonds is 3. The highest BCUT2D eigenvalue weighted by molar-refractivity contribution is 5.88. The van der Waals surface area contributed by atoms with Crippen molar-refractivity contribution in [3.05, 3.63) is 60.3 Å². The van der Waals surface area contributed by atoms with Gasteiger partial charge in [0.05, 0.1) is 19.4 Å². The van der Waals surface area contributed by atoms with Crippen LogP contribution in [0.2, 0.25) is 0 Å². The molecule has 0 fully saturated rings. The number of benzene rings is 2. The molecular weight excluding hydrogens is 250 g/mol. The molecule has 1 aromatic heterocycles. The van der Waals surface area contributed by atoms with E-state index in [1.165, 1.54) is 0 Å². The molecule has 3 rings (SSSR count). The molecule has 0 aliphatic rings. The molecule has 2 aromatic carbocycles. The van der Waals surface area contributed by atoms with Crippen LogP contribution in [0.5, 0.6) is 5.75 Å². The van der Waals surface area contributed by atoms with E-state index in [4.69, 9.17) is 4.74 Å². The molecule has 0 aliphatic carbocycles. The molecule has 3 aromatic rings. The summed E-state index contributed by atoms with van der Waals surface area (Å²) in [6, 6.07) is 15.8. The molecule has 0 bridgehead atoms. The van der Waals surface area contributed by atoms with Gasteiger partial charge in [0.25, 0.3) is 0 Å².